The number of ether oxygens (including phenoxy) is 1. The molecule has 1 atom stereocenters. The molecule has 1 aliphatic heterocycles. The lowest BCUT2D eigenvalue weighted by atomic mass is 10.2. The highest BCUT2D eigenvalue weighted by Gasteiger charge is 2.25. The first kappa shape index (κ1) is 17.1. The fourth-order valence-electron chi connectivity index (χ4n) is 2.75. The zero-order valence-corrected chi connectivity index (χ0v) is 14.9. The number of amides is 1. The van der Waals surface area contributed by atoms with Crippen LogP contribution >= 0.6 is 11.3 Å². The number of carbonyl (C=O) groups is 1. The number of hydrogen-bond acceptors (Lipinski definition) is 6. The molecule has 3 heterocycles. The van der Waals surface area contributed by atoms with Gasteiger partial charge in [-0.1, -0.05) is 0 Å². The van der Waals surface area contributed by atoms with Gasteiger partial charge in [-0.25, -0.2) is 4.98 Å². The molecule has 1 fully saturated rings. The summed E-state index contributed by atoms with van der Waals surface area (Å²) >= 11 is 1.48. The van der Waals surface area contributed by atoms with E-state index in [2.05, 4.69) is 22.0 Å². The Kier molecular flexibility index (Phi) is 5.60. The molecule has 2 aromatic heterocycles. The maximum atomic E-state index is 12.8. The quantitative estimate of drug-likeness (QED) is 0.789. The predicted octanol–water partition coefficient (Wildman–Crippen LogP) is 1.40. The van der Waals surface area contributed by atoms with Gasteiger partial charge in [-0.15, -0.1) is 11.3 Å². The monoisotopic (exact) mass is 349 g/mol. The number of nitrogens with zero attached hydrogens (tertiary/aromatic N) is 5. The minimum atomic E-state index is 0.0172. The number of likely N-dealkylation sites (N-methyl/N-ethyl adjacent to an activating group) is 1. The lowest BCUT2D eigenvalue weighted by molar-refractivity contribution is -0.119. The number of carbonyl (C=O) groups excluding carboxylic acids is 1. The maximum absolute atomic E-state index is 12.8. The highest BCUT2D eigenvalue weighted by atomic mass is 32.1. The highest BCUT2D eigenvalue weighted by molar-refractivity contribution is 7.13. The van der Waals surface area contributed by atoms with E-state index in [1.54, 1.807) is 22.0 Å². The van der Waals surface area contributed by atoms with E-state index < -0.39 is 0 Å². The van der Waals surface area contributed by atoms with Gasteiger partial charge in [0.1, 0.15) is 0 Å². The van der Waals surface area contributed by atoms with E-state index in [1.165, 1.54) is 11.3 Å². The summed E-state index contributed by atoms with van der Waals surface area (Å²) in [4.78, 5) is 21.1. The second-order valence-corrected chi connectivity index (χ2v) is 6.98. The highest BCUT2D eigenvalue weighted by Crippen LogP contribution is 2.20. The molecule has 7 nitrogen and oxygen atoms in total. The van der Waals surface area contributed by atoms with Crippen molar-refractivity contribution in [2.24, 2.45) is 0 Å². The van der Waals surface area contributed by atoms with Crippen LogP contribution < -0.4 is 4.90 Å². The standard InChI is InChI=1S/C16H23N5O2S/c1-13-9-18-20(10-13)5-3-15(22)21(16-17-4-8-24-16)12-14-11-19(2)6-7-23-14/h4,8-10,14H,3,5-7,11-12H2,1-2H3/t14-/m0/s1. The summed E-state index contributed by atoms with van der Waals surface area (Å²) < 4.78 is 7.62. The number of thiazole rings is 1. The summed E-state index contributed by atoms with van der Waals surface area (Å²) in [5.41, 5.74) is 1.10. The Morgan fingerprint density at radius 3 is 3.08 bits per heavy atom. The Balaban J connectivity index is 1.64. The number of aromatic nitrogens is 3. The summed E-state index contributed by atoms with van der Waals surface area (Å²) in [5.74, 6) is 0.0509. The predicted molar refractivity (Wildman–Crippen MR) is 93.3 cm³/mol. The Morgan fingerprint density at radius 2 is 2.42 bits per heavy atom. The molecule has 1 aliphatic rings. The molecule has 3 rings (SSSR count). The van der Waals surface area contributed by atoms with Crippen molar-refractivity contribution < 1.29 is 9.53 Å². The summed E-state index contributed by atoms with van der Waals surface area (Å²) in [6, 6.07) is 0. The first-order valence-electron chi connectivity index (χ1n) is 8.11. The molecular weight excluding hydrogens is 326 g/mol. The molecule has 0 N–H and O–H groups in total. The Bertz CT molecular complexity index is 657. The van der Waals surface area contributed by atoms with Crippen molar-refractivity contribution >= 4 is 22.4 Å². The third kappa shape index (κ3) is 4.40. The molecule has 0 spiro atoms. The second kappa shape index (κ2) is 7.87. The Labute approximate surface area is 145 Å². The van der Waals surface area contributed by atoms with Gasteiger partial charge in [0.2, 0.25) is 5.91 Å². The topological polar surface area (TPSA) is 63.5 Å². The van der Waals surface area contributed by atoms with Crippen molar-refractivity contribution in [1.82, 2.24) is 19.7 Å². The second-order valence-electron chi connectivity index (χ2n) is 6.10. The SMILES string of the molecule is Cc1cnn(CCC(=O)N(C[C@@H]2CN(C)CCO2)c2nccs2)c1. The van der Waals surface area contributed by atoms with Crippen LogP contribution in [-0.2, 0) is 16.1 Å². The number of hydrogen-bond donors (Lipinski definition) is 0. The fraction of sp³-hybridized carbons (Fsp3) is 0.562. The molecule has 0 aromatic carbocycles. The average molecular weight is 349 g/mol. The van der Waals surface area contributed by atoms with Gasteiger partial charge < -0.3 is 9.64 Å². The van der Waals surface area contributed by atoms with Crippen LogP contribution in [-0.4, -0.2) is 65.0 Å². The van der Waals surface area contributed by atoms with Gasteiger partial charge in [0.05, 0.1) is 25.5 Å². The van der Waals surface area contributed by atoms with Crippen molar-refractivity contribution in [1.29, 1.82) is 0 Å². The first-order chi connectivity index (χ1) is 11.6. The van der Waals surface area contributed by atoms with Gasteiger partial charge in [0.25, 0.3) is 0 Å². The Hall–Kier alpha value is -1.77. The van der Waals surface area contributed by atoms with Crippen LogP contribution in [0.1, 0.15) is 12.0 Å². The van der Waals surface area contributed by atoms with Gasteiger partial charge in [-0.2, -0.15) is 5.10 Å². The van der Waals surface area contributed by atoms with Crippen LogP contribution in [0.2, 0.25) is 0 Å². The lowest BCUT2D eigenvalue weighted by Gasteiger charge is -2.33. The maximum Gasteiger partial charge on any atom is 0.230 e. The fourth-order valence-corrected chi connectivity index (χ4v) is 3.42. The lowest BCUT2D eigenvalue weighted by Crippen LogP contribution is -2.47. The largest absolute Gasteiger partial charge is 0.374 e. The van der Waals surface area contributed by atoms with Crippen LogP contribution in [0.25, 0.3) is 0 Å². The van der Waals surface area contributed by atoms with Gasteiger partial charge in [0.15, 0.2) is 5.13 Å². The summed E-state index contributed by atoms with van der Waals surface area (Å²) in [6.07, 6.45) is 5.88. The van der Waals surface area contributed by atoms with E-state index >= 15 is 0 Å². The number of morpholine rings is 1. The third-order valence-electron chi connectivity index (χ3n) is 4.00. The number of anilines is 1. The number of aryl methyl sites for hydroxylation is 2. The van der Waals surface area contributed by atoms with E-state index in [9.17, 15) is 4.79 Å². The van der Waals surface area contributed by atoms with E-state index in [4.69, 9.17) is 4.74 Å². The van der Waals surface area contributed by atoms with Gasteiger partial charge in [0, 0.05) is 43.8 Å². The molecular formula is C16H23N5O2S. The normalized spacial score (nSPS) is 18.7. The van der Waals surface area contributed by atoms with Crippen molar-refractivity contribution in [2.45, 2.75) is 26.0 Å². The Morgan fingerprint density at radius 1 is 1.54 bits per heavy atom. The van der Waals surface area contributed by atoms with E-state index in [0.29, 0.717) is 26.1 Å². The molecule has 1 saturated heterocycles. The van der Waals surface area contributed by atoms with Gasteiger partial charge in [-0.05, 0) is 19.5 Å². The minimum absolute atomic E-state index is 0.0172. The zero-order chi connectivity index (χ0) is 16.9. The molecule has 2 aromatic rings. The van der Waals surface area contributed by atoms with Crippen molar-refractivity contribution in [2.75, 3.05) is 38.2 Å². The molecule has 0 radical (unpaired) electrons. The van der Waals surface area contributed by atoms with Crippen LogP contribution in [0.15, 0.2) is 24.0 Å². The summed E-state index contributed by atoms with van der Waals surface area (Å²) in [6.45, 7) is 5.56. The molecule has 0 unspecified atom stereocenters. The first-order valence-corrected chi connectivity index (χ1v) is 8.99. The molecule has 0 saturated carbocycles. The summed E-state index contributed by atoms with van der Waals surface area (Å²) in [5, 5.41) is 6.86. The van der Waals surface area contributed by atoms with Crippen LogP contribution in [0.4, 0.5) is 5.13 Å². The summed E-state index contributed by atoms with van der Waals surface area (Å²) in [7, 11) is 2.07. The van der Waals surface area contributed by atoms with Crippen molar-refractivity contribution in [3.05, 3.63) is 29.5 Å². The van der Waals surface area contributed by atoms with Crippen LogP contribution in [0.3, 0.4) is 0 Å². The molecule has 1 amide bonds. The molecule has 0 aliphatic carbocycles. The minimum Gasteiger partial charge on any atom is -0.374 e. The third-order valence-corrected chi connectivity index (χ3v) is 4.79. The van der Waals surface area contributed by atoms with Crippen LogP contribution in [0.5, 0.6) is 0 Å². The molecule has 8 heteroatoms. The van der Waals surface area contributed by atoms with Crippen molar-refractivity contribution in [3.63, 3.8) is 0 Å². The number of rotatable bonds is 6. The molecule has 130 valence electrons. The van der Waals surface area contributed by atoms with Gasteiger partial charge in [-0.3, -0.25) is 14.4 Å². The molecule has 0 bridgehead atoms. The van der Waals surface area contributed by atoms with Gasteiger partial charge >= 0.3 is 0 Å². The molecule has 24 heavy (non-hydrogen) atoms. The smallest absolute Gasteiger partial charge is 0.230 e. The average Bonchev–Trinajstić information content (AvgIpc) is 3.22. The zero-order valence-electron chi connectivity index (χ0n) is 14.1. The van der Waals surface area contributed by atoms with Crippen LogP contribution in [0, 0.1) is 6.92 Å². The van der Waals surface area contributed by atoms with E-state index in [1.807, 2.05) is 18.5 Å². The van der Waals surface area contributed by atoms with Crippen molar-refractivity contribution in [3.8, 4) is 0 Å². The van der Waals surface area contributed by atoms with E-state index in [-0.39, 0.29) is 12.0 Å². The van der Waals surface area contributed by atoms with E-state index in [0.717, 1.165) is 23.8 Å².